The number of nitrogens with one attached hydrogen (secondary N) is 1. The topological polar surface area (TPSA) is 15.3 Å². The van der Waals surface area contributed by atoms with Crippen LogP contribution in [0.1, 0.15) is 26.2 Å². The Hall–Kier alpha value is -0.290. The highest BCUT2D eigenvalue weighted by atomic mass is 19.4. The van der Waals surface area contributed by atoms with Gasteiger partial charge in [0.2, 0.25) is 0 Å². The van der Waals surface area contributed by atoms with Gasteiger partial charge in [0.1, 0.15) is 0 Å². The number of rotatable bonds is 2. The summed E-state index contributed by atoms with van der Waals surface area (Å²) in [4.78, 5) is 2.04. The zero-order valence-electron chi connectivity index (χ0n) is 10.3. The summed E-state index contributed by atoms with van der Waals surface area (Å²) in [6.45, 7) is 5.20. The summed E-state index contributed by atoms with van der Waals surface area (Å²) in [5.74, 6) is -0.546. The van der Waals surface area contributed by atoms with Gasteiger partial charge in [-0.1, -0.05) is 0 Å². The van der Waals surface area contributed by atoms with Gasteiger partial charge in [-0.2, -0.15) is 13.2 Å². The molecule has 100 valence electrons. The summed E-state index contributed by atoms with van der Waals surface area (Å²) in [6.07, 6.45) is -1.56. The van der Waals surface area contributed by atoms with Gasteiger partial charge in [0.15, 0.2) is 0 Å². The van der Waals surface area contributed by atoms with E-state index in [1.54, 1.807) is 6.92 Å². The summed E-state index contributed by atoms with van der Waals surface area (Å²) >= 11 is 0. The summed E-state index contributed by atoms with van der Waals surface area (Å²) in [5, 5.41) is 3.29. The second-order valence-corrected chi connectivity index (χ2v) is 5.37. The molecule has 2 aliphatic heterocycles. The van der Waals surface area contributed by atoms with E-state index in [0.29, 0.717) is 12.5 Å². The fraction of sp³-hybridized carbons (Fsp3) is 1.00. The van der Waals surface area contributed by atoms with E-state index in [4.69, 9.17) is 0 Å². The first kappa shape index (κ1) is 13.1. The van der Waals surface area contributed by atoms with Crippen molar-refractivity contribution in [2.24, 2.45) is 11.8 Å². The molecule has 0 aromatic carbocycles. The highest BCUT2D eigenvalue weighted by Crippen LogP contribution is 2.38. The fourth-order valence-corrected chi connectivity index (χ4v) is 3.09. The third kappa shape index (κ3) is 3.13. The third-order valence-corrected chi connectivity index (χ3v) is 4.26. The van der Waals surface area contributed by atoms with Crippen LogP contribution in [-0.4, -0.2) is 43.3 Å². The standard InChI is InChI=1S/C12H21F3N2/c1-9-11(12(13,14)15)4-7-17(9)8-10-2-5-16-6-3-10/h9-11,16H,2-8H2,1H3. The van der Waals surface area contributed by atoms with Gasteiger partial charge in [0.05, 0.1) is 5.92 Å². The third-order valence-electron chi connectivity index (χ3n) is 4.26. The van der Waals surface area contributed by atoms with E-state index in [1.807, 2.05) is 4.90 Å². The van der Waals surface area contributed by atoms with Crippen LogP contribution in [0.25, 0.3) is 0 Å². The van der Waals surface area contributed by atoms with Crippen molar-refractivity contribution in [2.75, 3.05) is 26.2 Å². The number of hydrogen-bond acceptors (Lipinski definition) is 2. The van der Waals surface area contributed by atoms with Crippen molar-refractivity contribution in [3.05, 3.63) is 0 Å². The predicted molar refractivity (Wildman–Crippen MR) is 60.8 cm³/mol. The lowest BCUT2D eigenvalue weighted by Gasteiger charge is -2.31. The van der Waals surface area contributed by atoms with Crippen molar-refractivity contribution in [2.45, 2.75) is 38.4 Å². The number of alkyl halides is 3. The molecule has 2 fully saturated rings. The molecule has 17 heavy (non-hydrogen) atoms. The van der Waals surface area contributed by atoms with Crippen molar-refractivity contribution < 1.29 is 13.2 Å². The van der Waals surface area contributed by atoms with Crippen molar-refractivity contribution in [1.82, 2.24) is 10.2 Å². The molecule has 0 aromatic rings. The van der Waals surface area contributed by atoms with Crippen LogP contribution >= 0.6 is 0 Å². The van der Waals surface area contributed by atoms with Crippen molar-refractivity contribution in [3.63, 3.8) is 0 Å². The molecule has 2 aliphatic rings. The Morgan fingerprint density at radius 3 is 2.35 bits per heavy atom. The molecule has 1 N–H and O–H groups in total. The molecular weight excluding hydrogens is 229 g/mol. The lowest BCUT2D eigenvalue weighted by molar-refractivity contribution is -0.179. The van der Waals surface area contributed by atoms with Gasteiger partial charge in [-0.25, -0.2) is 0 Å². The van der Waals surface area contributed by atoms with E-state index < -0.39 is 12.1 Å². The zero-order valence-corrected chi connectivity index (χ0v) is 10.3. The Kier molecular flexibility index (Phi) is 3.98. The Balaban J connectivity index is 1.86. The van der Waals surface area contributed by atoms with E-state index in [0.717, 1.165) is 32.5 Å². The normalized spacial score (nSPS) is 33.2. The van der Waals surface area contributed by atoms with E-state index in [1.165, 1.54) is 0 Å². The van der Waals surface area contributed by atoms with Crippen LogP contribution < -0.4 is 5.32 Å². The maximum Gasteiger partial charge on any atom is 0.393 e. The van der Waals surface area contributed by atoms with E-state index in [2.05, 4.69) is 5.32 Å². The molecule has 0 radical (unpaired) electrons. The number of halogens is 3. The molecular formula is C12H21F3N2. The minimum atomic E-state index is -4.03. The molecule has 2 rings (SSSR count). The smallest absolute Gasteiger partial charge is 0.317 e. The van der Waals surface area contributed by atoms with Gasteiger partial charge in [0.25, 0.3) is 0 Å². The van der Waals surface area contributed by atoms with Gasteiger partial charge in [-0.15, -0.1) is 0 Å². The van der Waals surface area contributed by atoms with Crippen LogP contribution in [0.4, 0.5) is 13.2 Å². The molecule has 0 aliphatic carbocycles. The first-order valence-electron chi connectivity index (χ1n) is 6.50. The summed E-state index contributed by atoms with van der Waals surface area (Å²) in [6, 6.07) is -0.343. The van der Waals surface area contributed by atoms with Crippen LogP contribution in [-0.2, 0) is 0 Å². The Morgan fingerprint density at radius 1 is 1.18 bits per heavy atom. The minimum Gasteiger partial charge on any atom is -0.317 e. The number of likely N-dealkylation sites (tertiary alicyclic amines) is 1. The van der Waals surface area contributed by atoms with E-state index >= 15 is 0 Å². The Bertz CT molecular complexity index is 249. The molecule has 2 unspecified atom stereocenters. The molecule has 0 bridgehead atoms. The van der Waals surface area contributed by atoms with Crippen LogP contribution in [0, 0.1) is 11.8 Å². The monoisotopic (exact) mass is 250 g/mol. The summed E-state index contributed by atoms with van der Waals surface area (Å²) in [7, 11) is 0. The number of nitrogens with zero attached hydrogens (tertiary/aromatic N) is 1. The SMILES string of the molecule is CC1C(C(F)(F)F)CCN1CC1CCNCC1. The number of piperidine rings is 1. The summed E-state index contributed by atoms with van der Waals surface area (Å²) < 4.78 is 38.2. The average Bonchev–Trinajstić information content (AvgIpc) is 2.61. The molecule has 0 aromatic heterocycles. The highest BCUT2D eigenvalue weighted by molar-refractivity contribution is 4.89. The van der Waals surface area contributed by atoms with E-state index in [9.17, 15) is 13.2 Å². The van der Waals surface area contributed by atoms with Crippen molar-refractivity contribution in [1.29, 1.82) is 0 Å². The van der Waals surface area contributed by atoms with Crippen molar-refractivity contribution >= 4 is 0 Å². The lowest BCUT2D eigenvalue weighted by atomic mass is 9.96. The molecule has 2 saturated heterocycles. The molecule has 2 nitrogen and oxygen atoms in total. The average molecular weight is 250 g/mol. The fourth-order valence-electron chi connectivity index (χ4n) is 3.09. The van der Waals surface area contributed by atoms with Gasteiger partial charge in [0, 0.05) is 12.6 Å². The van der Waals surface area contributed by atoms with Gasteiger partial charge in [-0.05, 0) is 51.7 Å². The minimum absolute atomic E-state index is 0.273. The van der Waals surface area contributed by atoms with Crippen LogP contribution in [0.15, 0.2) is 0 Å². The Morgan fingerprint density at radius 2 is 1.82 bits per heavy atom. The zero-order chi connectivity index (χ0) is 12.5. The first-order chi connectivity index (χ1) is 7.98. The quantitative estimate of drug-likeness (QED) is 0.808. The van der Waals surface area contributed by atoms with Gasteiger partial charge < -0.3 is 5.32 Å². The molecule has 0 spiro atoms. The van der Waals surface area contributed by atoms with Gasteiger partial charge in [-0.3, -0.25) is 4.90 Å². The molecule has 5 heteroatoms. The number of hydrogen-bond donors (Lipinski definition) is 1. The largest absolute Gasteiger partial charge is 0.393 e. The maximum absolute atomic E-state index is 12.7. The molecule has 0 amide bonds. The van der Waals surface area contributed by atoms with E-state index in [-0.39, 0.29) is 12.5 Å². The molecule has 0 saturated carbocycles. The second kappa shape index (κ2) is 5.14. The van der Waals surface area contributed by atoms with Crippen LogP contribution in [0.5, 0.6) is 0 Å². The summed E-state index contributed by atoms with van der Waals surface area (Å²) in [5.41, 5.74) is 0. The second-order valence-electron chi connectivity index (χ2n) is 5.37. The maximum atomic E-state index is 12.7. The molecule has 2 heterocycles. The van der Waals surface area contributed by atoms with Crippen LogP contribution in [0.3, 0.4) is 0 Å². The lowest BCUT2D eigenvalue weighted by Crippen LogP contribution is -2.41. The predicted octanol–water partition coefficient (Wildman–Crippen LogP) is 2.26. The molecule has 2 atom stereocenters. The first-order valence-corrected chi connectivity index (χ1v) is 6.50. The van der Waals surface area contributed by atoms with Crippen LogP contribution in [0.2, 0.25) is 0 Å². The van der Waals surface area contributed by atoms with Crippen molar-refractivity contribution in [3.8, 4) is 0 Å². The Labute approximate surface area is 101 Å². The highest BCUT2D eigenvalue weighted by Gasteiger charge is 2.48. The van der Waals surface area contributed by atoms with Gasteiger partial charge >= 0.3 is 6.18 Å².